The summed E-state index contributed by atoms with van der Waals surface area (Å²) in [6, 6.07) is 0. The normalized spacial score (nSPS) is 17.5. The summed E-state index contributed by atoms with van der Waals surface area (Å²) < 4.78 is 0. The molecule has 1 aliphatic heterocycles. The van der Waals surface area contributed by atoms with Crippen LogP contribution in [0, 0.1) is 0 Å². The van der Waals surface area contributed by atoms with Gasteiger partial charge in [-0.15, -0.1) is 0 Å². The summed E-state index contributed by atoms with van der Waals surface area (Å²) in [5.41, 5.74) is 0. The summed E-state index contributed by atoms with van der Waals surface area (Å²) in [6.45, 7) is 1.62. The van der Waals surface area contributed by atoms with Crippen molar-refractivity contribution < 1.29 is 4.79 Å². The second-order valence-electron chi connectivity index (χ2n) is 2.26. The van der Waals surface area contributed by atoms with Gasteiger partial charge in [-0.2, -0.15) is 12.6 Å². The van der Waals surface area contributed by atoms with Gasteiger partial charge in [-0.3, -0.25) is 4.79 Å². The van der Waals surface area contributed by atoms with Crippen molar-refractivity contribution in [1.29, 1.82) is 0 Å². The van der Waals surface area contributed by atoms with Gasteiger partial charge in [0, 0.05) is 13.1 Å². The van der Waals surface area contributed by atoms with Gasteiger partial charge in [0.25, 0.3) is 0 Å². The highest BCUT2D eigenvalue weighted by Gasteiger charge is 2.10. The van der Waals surface area contributed by atoms with E-state index < -0.39 is 0 Å². The number of hydrogen-bond acceptors (Lipinski definition) is 2. The number of thiol groups is 1. The fraction of sp³-hybridized carbons (Fsp3) is 0.571. The Balaban J connectivity index is 2.41. The van der Waals surface area contributed by atoms with Gasteiger partial charge in [0.05, 0.1) is 5.75 Å². The van der Waals surface area contributed by atoms with Crippen molar-refractivity contribution in [2.45, 2.75) is 6.42 Å². The predicted molar refractivity (Wildman–Crippen MR) is 44.2 cm³/mol. The van der Waals surface area contributed by atoms with Crippen LogP contribution < -0.4 is 0 Å². The van der Waals surface area contributed by atoms with Crippen LogP contribution in [0.15, 0.2) is 12.2 Å². The van der Waals surface area contributed by atoms with Crippen LogP contribution in [0.2, 0.25) is 0 Å². The summed E-state index contributed by atoms with van der Waals surface area (Å²) >= 11 is 3.91. The largest absolute Gasteiger partial charge is 0.338 e. The van der Waals surface area contributed by atoms with Crippen LogP contribution in [-0.2, 0) is 4.79 Å². The topological polar surface area (TPSA) is 20.3 Å². The third-order valence-corrected chi connectivity index (χ3v) is 1.82. The van der Waals surface area contributed by atoms with Gasteiger partial charge in [-0.25, -0.2) is 0 Å². The summed E-state index contributed by atoms with van der Waals surface area (Å²) in [5.74, 6) is 0.459. The number of nitrogens with zero attached hydrogens (tertiary/aromatic N) is 1. The number of carbonyl (C=O) groups is 1. The molecule has 56 valence electrons. The SMILES string of the molecule is O=C(CS)N1CC=CCC1. The molecule has 0 saturated carbocycles. The fourth-order valence-corrected chi connectivity index (χ4v) is 1.17. The van der Waals surface area contributed by atoms with Crippen molar-refractivity contribution in [2.75, 3.05) is 18.8 Å². The molecule has 0 aromatic rings. The first-order valence-corrected chi connectivity index (χ1v) is 4.01. The fourth-order valence-electron chi connectivity index (χ4n) is 0.968. The monoisotopic (exact) mass is 157 g/mol. The second-order valence-corrected chi connectivity index (χ2v) is 2.57. The minimum atomic E-state index is 0.132. The van der Waals surface area contributed by atoms with Gasteiger partial charge in [0.2, 0.25) is 5.91 Å². The van der Waals surface area contributed by atoms with Crippen LogP contribution in [0.5, 0.6) is 0 Å². The molecular formula is C7H11NOS. The molecule has 2 nitrogen and oxygen atoms in total. The Morgan fingerprint density at radius 3 is 2.90 bits per heavy atom. The minimum absolute atomic E-state index is 0.132. The van der Waals surface area contributed by atoms with Gasteiger partial charge >= 0.3 is 0 Å². The lowest BCUT2D eigenvalue weighted by atomic mass is 10.2. The quantitative estimate of drug-likeness (QED) is 0.439. The number of rotatable bonds is 1. The second kappa shape index (κ2) is 3.66. The van der Waals surface area contributed by atoms with Crippen molar-refractivity contribution in [3.8, 4) is 0 Å². The van der Waals surface area contributed by atoms with E-state index in [9.17, 15) is 4.79 Å². The number of amides is 1. The lowest BCUT2D eigenvalue weighted by Gasteiger charge is -2.22. The summed E-state index contributed by atoms with van der Waals surface area (Å²) in [6.07, 6.45) is 5.10. The third kappa shape index (κ3) is 1.77. The van der Waals surface area contributed by atoms with Crippen molar-refractivity contribution in [3.05, 3.63) is 12.2 Å². The molecule has 1 amide bonds. The van der Waals surface area contributed by atoms with E-state index in [0.717, 1.165) is 19.5 Å². The minimum Gasteiger partial charge on any atom is -0.338 e. The molecule has 1 aliphatic rings. The molecule has 0 saturated heterocycles. The van der Waals surface area contributed by atoms with Crippen LogP contribution in [0.25, 0.3) is 0 Å². The maximum atomic E-state index is 11.0. The third-order valence-electron chi connectivity index (χ3n) is 1.55. The molecule has 10 heavy (non-hydrogen) atoms. The molecule has 0 aromatic carbocycles. The molecule has 0 atom stereocenters. The van der Waals surface area contributed by atoms with Crippen LogP contribution >= 0.6 is 12.6 Å². The molecule has 3 heteroatoms. The molecule has 0 unspecified atom stereocenters. The van der Waals surface area contributed by atoms with E-state index in [1.807, 2.05) is 11.0 Å². The van der Waals surface area contributed by atoms with Gasteiger partial charge < -0.3 is 4.90 Å². The van der Waals surface area contributed by atoms with Crippen molar-refractivity contribution in [1.82, 2.24) is 4.90 Å². The Kier molecular flexibility index (Phi) is 2.81. The highest BCUT2D eigenvalue weighted by molar-refractivity contribution is 7.81. The van der Waals surface area contributed by atoms with Crippen LogP contribution in [-0.4, -0.2) is 29.6 Å². The van der Waals surface area contributed by atoms with Gasteiger partial charge in [0.15, 0.2) is 0 Å². The lowest BCUT2D eigenvalue weighted by molar-refractivity contribution is -0.127. The standard InChI is InChI=1S/C7H11NOS/c9-7(6-10)8-4-2-1-3-5-8/h1-2,10H,3-6H2. The van der Waals surface area contributed by atoms with Crippen LogP contribution in [0.3, 0.4) is 0 Å². The maximum Gasteiger partial charge on any atom is 0.232 e. The molecule has 0 spiro atoms. The Labute approximate surface area is 66.3 Å². The molecule has 1 rings (SSSR count). The molecule has 0 aromatic heterocycles. The summed E-state index contributed by atoms with van der Waals surface area (Å²) in [5, 5.41) is 0. The molecule has 0 fully saturated rings. The Hall–Kier alpha value is -0.440. The van der Waals surface area contributed by atoms with Crippen LogP contribution in [0.4, 0.5) is 0 Å². The Bertz CT molecular complexity index is 156. The van der Waals surface area contributed by atoms with E-state index >= 15 is 0 Å². The average molecular weight is 157 g/mol. The average Bonchev–Trinajstić information content (AvgIpc) is 2.05. The van der Waals surface area contributed by atoms with E-state index in [2.05, 4.69) is 18.7 Å². The van der Waals surface area contributed by atoms with E-state index in [0.29, 0.717) is 5.75 Å². The van der Waals surface area contributed by atoms with Crippen LogP contribution in [0.1, 0.15) is 6.42 Å². The zero-order valence-electron chi connectivity index (χ0n) is 5.79. The molecule has 0 radical (unpaired) electrons. The molecule has 0 aliphatic carbocycles. The van der Waals surface area contributed by atoms with Crippen molar-refractivity contribution in [2.24, 2.45) is 0 Å². The summed E-state index contributed by atoms with van der Waals surface area (Å²) in [4.78, 5) is 12.8. The van der Waals surface area contributed by atoms with Crippen molar-refractivity contribution in [3.63, 3.8) is 0 Å². The Morgan fingerprint density at radius 1 is 1.60 bits per heavy atom. The summed E-state index contributed by atoms with van der Waals surface area (Å²) in [7, 11) is 0. The predicted octanol–water partition coefficient (Wildman–Crippen LogP) is 0.705. The zero-order valence-corrected chi connectivity index (χ0v) is 6.68. The maximum absolute atomic E-state index is 11.0. The van der Waals surface area contributed by atoms with Gasteiger partial charge in [0.1, 0.15) is 0 Å². The first-order valence-electron chi connectivity index (χ1n) is 3.38. The smallest absolute Gasteiger partial charge is 0.232 e. The first-order chi connectivity index (χ1) is 4.84. The van der Waals surface area contributed by atoms with E-state index in [4.69, 9.17) is 0 Å². The zero-order chi connectivity index (χ0) is 7.40. The lowest BCUT2D eigenvalue weighted by Crippen LogP contribution is -2.34. The van der Waals surface area contributed by atoms with E-state index in [1.54, 1.807) is 0 Å². The van der Waals surface area contributed by atoms with Gasteiger partial charge in [-0.1, -0.05) is 12.2 Å². The highest BCUT2D eigenvalue weighted by atomic mass is 32.1. The number of carbonyl (C=O) groups excluding carboxylic acids is 1. The van der Waals surface area contributed by atoms with Crippen molar-refractivity contribution >= 4 is 18.5 Å². The molecule has 0 N–H and O–H groups in total. The van der Waals surface area contributed by atoms with E-state index in [1.165, 1.54) is 0 Å². The molecule has 1 heterocycles. The molecular weight excluding hydrogens is 146 g/mol. The molecule has 0 bridgehead atoms. The first kappa shape index (κ1) is 7.66. The highest BCUT2D eigenvalue weighted by Crippen LogP contribution is 2.01. The van der Waals surface area contributed by atoms with Gasteiger partial charge in [-0.05, 0) is 6.42 Å². The number of hydrogen-bond donors (Lipinski definition) is 1. The van der Waals surface area contributed by atoms with E-state index in [-0.39, 0.29) is 5.91 Å². The Morgan fingerprint density at radius 2 is 2.40 bits per heavy atom.